The molecule has 1 atom stereocenters. The van der Waals surface area contributed by atoms with Crippen molar-refractivity contribution in [3.63, 3.8) is 0 Å². The first-order chi connectivity index (χ1) is 7.10. The Morgan fingerprint density at radius 2 is 1.80 bits per heavy atom. The lowest BCUT2D eigenvalue weighted by atomic mass is 10.0. The smallest absolute Gasteiger partial charge is 0.260 e. The van der Waals surface area contributed by atoms with Crippen LogP contribution in [0.3, 0.4) is 0 Å². The molecule has 1 aliphatic carbocycles. The van der Waals surface area contributed by atoms with Crippen molar-refractivity contribution in [1.29, 1.82) is 0 Å². The first kappa shape index (κ1) is 12.0. The molecule has 1 aliphatic rings. The van der Waals surface area contributed by atoms with Crippen molar-refractivity contribution >= 4 is 11.6 Å². The maximum absolute atomic E-state index is 11.7. The molecule has 0 N–H and O–H groups in total. The maximum atomic E-state index is 11.7. The van der Waals surface area contributed by atoms with Crippen LogP contribution in [0.5, 0.6) is 0 Å². The number of carbonyl (C=O) groups excluding carboxylic acids is 2. The summed E-state index contributed by atoms with van der Waals surface area (Å²) in [5.41, 5.74) is 0. The minimum absolute atomic E-state index is 0.0560. The quantitative estimate of drug-likeness (QED) is 0.623. The molecule has 5 heteroatoms. The molecule has 1 rings (SSSR count). The summed E-state index contributed by atoms with van der Waals surface area (Å²) in [5.74, 6) is -2.13. The first-order valence-corrected chi connectivity index (χ1v) is 4.49. The second kappa shape index (κ2) is 4.65. The minimum atomic E-state index is -1.52. The van der Waals surface area contributed by atoms with Crippen molar-refractivity contribution in [2.75, 3.05) is 21.3 Å². The predicted octanol–water partition coefficient (Wildman–Crippen LogP) is 0.0886. The van der Waals surface area contributed by atoms with Gasteiger partial charge in [-0.2, -0.15) is 0 Å². The minimum Gasteiger partial charge on any atom is -0.375 e. The van der Waals surface area contributed by atoms with Crippen LogP contribution in [-0.2, 0) is 23.8 Å². The summed E-state index contributed by atoms with van der Waals surface area (Å²) < 4.78 is 15.2. The number of ether oxygens (including phenoxy) is 3. The number of rotatable bonds is 3. The van der Waals surface area contributed by atoms with Crippen molar-refractivity contribution in [2.24, 2.45) is 0 Å². The van der Waals surface area contributed by atoms with E-state index in [1.54, 1.807) is 0 Å². The fourth-order valence-corrected chi connectivity index (χ4v) is 1.61. The highest BCUT2D eigenvalue weighted by Gasteiger charge is 2.48. The summed E-state index contributed by atoms with van der Waals surface area (Å²) in [7, 11) is 4.09. The lowest BCUT2D eigenvalue weighted by Crippen LogP contribution is -2.52. The Hall–Kier alpha value is -1.04. The van der Waals surface area contributed by atoms with E-state index in [9.17, 15) is 9.59 Å². The molecule has 0 aromatic rings. The van der Waals surface area contributed by atoms with E-state index in [-0.39, 0.29) is 12.2 Å². The molecule has 5 nitrogen and oxygen atoms in total. The molecule has 84 valence electrons. The topological polar surface area (TPSA) is 61.8 Å². The van der Waals surface area contributed by atoms with E-state index in [0.717, 1.165) is 6.08 Å². The second-order valence-electron chi connectivity index (χ2n) is 3.17. The van der Waals surface area contributed by atoms with Gasteiger partial charge in [-0.05, 0) is 12.2 Å². The van der Waals surface area contributed by atoms with Crippen LogP contribution < -0.4 is 0 Å². The highest BCUT2D eigenvalue weighted by Crippen LogP contribution is 2.26. The zero-order chi connectivity index (χ0) is 11.5. The summed E-state index contributed by atoms with van der Waals surface area (Å²) >= 11 is 0. The van der Waals surface area contributed by atoms with Gasteiger partial charge < -0.3 is 14.2 Å². The van der Waals surface area contributed by atoms with Crippen LogP contribution >= 0.6 is 0 Å². The number of hydrogen-bond donors (Lipinski definition) is 0. The Labute approximate surface area is 88.0 Å². The number of hydrogen-bond acceptors (Lipinski definition) is 5. The molecule has 0 radical (unpaired) electrons. The van der Waals surface area contributed by atoms with Gasteiger partial charge in [0.2, 0.25) is 5.78 Å². The second-order valence-corrected chi connectivity index (χ2v) is 3.17. The fraction of sp³-hybridized carbons (Fsp3) is 0.600. The summed E-state index contributed by atoms with van der Waals surface area (Å²) in [6, 6.07) is 0. The molecule has 0 fully saturated rings. The number of methoxy groups -OCH3 is 3. The van der Waals surface area contributed by atoms with Crippen LogP contribution in [-0.4, -0.2) is 44.8 Å². The fourth-order valence-electron chi connectivity index (χ4n) is 1.61. The normalized spacial score (nSPS) is 25.4. The third kappa shape index (κ3) is 1.99. The van der Waals surface area contributed by atoms with Gasteiger partial charge in [0.15, 0.2) is 5.78 Å². The molecule has 0 aliphatic heterocycles. The third-order valence-electron chi connectivity index (χ3n) is 2.47. The molecule has 0 aromatic carbocycles. The summed E-state index contributed by atoms with van der Waals surface area (Å²) in [6.07, 6.45) is 1.70. The van der Waals surface area contributed by atoms with E-state index >= 15 is 0 Å². The van der Waals surface area contributed by atoms with Crippen LogP contribution in [0, 0.1) is 0 Å². The van der Waals surface area contributed by atoms with E-state index in [1.807, 2.05) is 0 Å². The summed E-state index contributed by atoms with van der Waals surface area (Å²) in [4.78, 5) is 23.0. The molecule has 0 aromatic heterocycles. The molecule has 1 unspecified atom stereocenters. The first-order valence-electron chi connectivity index (χ1n) is 4.49. The van der Waals surface area contributed by atoms with E-state index in [0.29, 0.717) is 0 Å². The van der Waals surface area contributed by atoms with Crippen LogP contribution in [0.4, 0.5) is 0 Å². The summed E-state index contributed by atoms with van der Waals surface area (Å²) in [5, 5.41) is 0. The zero-order valence-corrected chi connectivity index (χ0v) is 8.98. The third-order valence-corrected chi connectivity index (χ3v) is 2.47. The van der Waals surface area contributed by atoms with Crippen molar-refractivity contribution in [3.05, 3.63) is 12.2 Å². The standard InChI is InChI=1S/C10H14O5/c1-13-9-6-7(11)4-5-8(12)10(9,14-2)15-3/h4-5,9H,6H2,1-3H3. The van der Waals surface area contributed by atoms with Crippen LogP contribution in [0.25, 0.3) is 0 Å². The zero-order valence-electron chi connectivity index (χ0n) is 8.98. The molecule has 15 heavy (non-hydrogen) atoms. The van der Waals surface area contributed by atoms with Gasteiger partial charge in [0.25, 0.3) is 5.79 Å². The number of ketones is 2. The molecular formula is C10H14O5. The lowest BCUT2D eigenvalue weighted by molar-refractivity contribution is -0.246. The van der Waals surface area contributed by atoms with E-state index in [1.165, 1.54) is 27.4 Å². The summed E-state index contributed by atoms with van der Waals surface area (Å²) in [6.45, 7) is 0. The van der Waals surface area contributed by atoms with Gasteiger partial charge in [-0.15, -0.1) is 0 Å². The van der Waals surface area contributed by atoms with Gasteiger partial charge in [0, 0.05) is 27.8 Å². The average molecular weight is 214 g/mol. The molecule has 0 heterocycles. The molecule has 0 spiro atoms. The van der Waals surface area contributed by atoms with Gasteiger partial charge >= 0.3 is 0 Å². The Morgan fingerprint density at radius 1 is 1.20 bits per heavy atom. The SMILES string of the molecule is COC1CC(=O)C=CC(=O)C1(OC)OC. The Kier molecular flexibility index (Phi) is 3.73. The highest BCUT2D eigenvalue weighted by atomic mass is 16.7. The van der Waals surface area contributed by atoms with E-state index in [4.69, 9.17) is 14.2 Å². The van der Waals surface area contributed by atoms with Crippen molar-refractivity contribution in [3.8, 4) is 0 Å². The number of carbonyl (C=O) groups is 2. The van der Waals surface area contributed by atoms with Crippen molar-refractivity contribution in [1.82, 2.24) is 0 Å². The van der Waals surface area contributed by atoms with Crippen molar-refractivity contribution in [2.45, 2.75) is 18.3 Å². The average Bonchev–Trinajstić information content (AvgIpc) is 2.37. The lowest BCUT2D eigenvalue weighted by Gasteiger charge is -2.33. The monoisotopic (exact) mass is 214 g/mol. The highest BCUT2D eigenvalue weighted by molar-refractivity contribution is 6.04. The van der Waals surface area contributed by atoms with Crippen LogP contribution in [0.2, 0.25) is 0 Å². The van der Waals surface area contributed by atoms with E-state index in [2.05, 4.69) is 0 Å². The van der Waals surface area contributed by atoms with E-state index < -0.39 is 17.7 Å². The molecule has 0 saturated heterocycles. The molecule has 0 amide bonds. The Morgan fingerprint density at radius 3 is 2.27 bits per heavy atom. The van der Waals surface area contributed by atoms with Crippen LogP contribution in [0.15, 0.2) is 12.2 Å². The largest absolute Gasteiger partial charge is 0.375 e. The van der Waals surface area contributed by atoms with Gasteiger partial charge in [-0.3, -0.25) is 9.59 Å². The van der Waals surface area contributed by atoms with Gasteiger partial charge in [-0.25, -0.2) is 0 Å². The van der Waals surface area contributed by atoms with Gasteiger partial charge in [0.1, 0.15) is 6.10 Å². The maximum Gasteiger partial charge on any atom is 0.260 e. The molecular weight excluding hydrogens is 200 g/mol. The van der Waals surface area contributed by atoms with Gasteiger partial charge in [-0.1, -0.05) is 0 Å². The predicted molar refractivity (Wildman–Crippen MR) is 51.3 cm³/mol. The van der Waals surface area contributed by atoms with Gasteiger partial charge in [0.05, 0.1) is 0 Å². The Balaban J connectivity index is 3.12. The molecule has 0 bridgehead atoms. The number of allylic oxidation sites excluding steroid dienone is 1. The molecule has 0 saturated carbocycles. The Bertz CT molecular complexity index is 290. The van der Waals surface area contributed by atoms with Crippen molar-refractivity contribution < 1.29 is 23.8 Å². The van der Waals surface area contributed by atoms with Crippen LogP contribution in [0.1, 0.15) is 6.42 Å².